The van der Waals surface area contributed by atoms with Crippen LogP contribution in [0.2, 0.25) is 0 Å². The van der Waals surface area contributed by atoms with Gasteiger partial charge >= 0.3 is 0 Å². The number of aromatic nitrogens is 2. The first-order valence-electron chi connectivity index (χ1n) is 21.1. The number of fused-ring (bicyclic) bond motifs is 8. The highest BCUT2D eigenvalue weighted by Crippen LogP contribution is 2.41. The summed E-state index contributed by atoms with van der Waals surface area (Å²) < 4.78 is 6.53. The first-order chi connectivity index (χ1) is 30.7. The molecule has 2 heterocycles. The van der Waals surface area contributed by atoms with E-state index in [4.69, 9.17) is 9.40 Å². The van der Waals surface area contributed by atoms with Gasteiger partial charge in [-0.25, -0.2) is 4.98 Å². The Bertz CT molecular complexity index is 3490. The third-order valence-electron chi connectivity index (χ3n) is 12.5. The number of H-pyrrole nitrogens is 1. The van der Waals surface area contributed by atoms with Crippen molar-refractivity contribution in [2.45, 2.75) is 0 Å². The number of anilines is 3. The van der Waals surface area contributed by atoms with Crippen LogP contribution in [0.15, 0.2) is 235 Å². The zero-order valence-electron chi connectivity index (χ0n) is 33.7. The summed E-state index contributed by atoms with van der Waals surface area (Å²) in [6, 6.07) is 83.5. The van der Waals surface area contributed by atoms with Gasteiger partial charge in [0.05, 0.1) is 11.0 Å². The number of hydrogen-bond acceptors (Lipinski definition) is 3. The predicted octanol–water partition coefficient (Wildman–Crippen LogP) is 12.3. The quantitative estimate of drug-likeness (QED) is 0.0945. The van der Waals surface area contributed by atoms with E-state index in [1.54, 1.807) is 0 Å². The summed E-state index contributed by atoms with van der Waals surface area (Å²) in [6.07, 6.45) is 0. The standard InChI is InChI=1S/C57H39N3OSi/c1-5-16-40(17-6-1)57-58-52-35-30-39-28-29-41-36-43(31-33-49(41)55(39)56(52)59-57)60(44-32-34-51-50-26-13-14-27-53(50)61-54(51)38-44)42-18-15-25-48(37-42)62(45-19-7-2-8-20-45,46-21-9-3-10-22-46)47-23-11-4-12-24-47/h1-38H,(H,58,59). The number of hydrogen-bond donors (Lipinski definition) is 1. The van der Waals surface area contributed by atoms with Crippen LogP contribution in [0.3, 0.4) is 0 Å². The summed E-state index contributed by atoms with van der Waals surface area (Å²) in [7, 11) is -2.82. The molecule has 62 heavy (non-hydrogen) atoms. The molecule has 0 unspecified atom stereocenters. The van der Waals surface area contributed by atoms with Crippen molar-refractivity contribution >= 4 is 100 Å². The molecule has 12 rings (SSSR count). The highest BCUT2D eigenvalue weighted by atomic mass is 28.3. The second-order valence-corrected chi connectivity index (χ2v) is 19.8. The first-order valence-corrected chi connectivity index (χ1v) is 23.1. The number of furan rings is 1. The lowest BCUT2D eigenvalue weighted by molar-refractivity contribution is 0.669. The van der Waals surface area contributed by atoms with E-state index in [2.05, 4.69) is 222 Å². The lowest BCUT2D eigenvalue weighted by Gasteiger charge is -2.35. The Balaban J connectivity index is 1.09. The molecule has 0 bridgehead atoms. The summed E-state index contributed by atoms with van der Waals surface area (Å²) in [6.45, 7) is 0. The van der Waals surface area contributed by atoms with Crippen LogP contribution in [-0.2, 0) is 0 Å². The molecule has 292 valence electrons. The minimum Gasteiger partial charge on any atom is -0.456 e. The summed E-state index contributed by atoms with van der Waals surface area (Å²) >= 11 is 0. The number of rotatable bonds is 8. The molecule has 0 saturated heterocycles. The van der Waals surface area contributed by atoms with Gasteiger partial charge in [0.1, 0.15) is 17.0 Å². The fraction of sp³-hybridized carbons (Fsp3) is 0. The van der Waals surface area contributed by atoms with Crippen LogP contribution in [0.4, 0.5) is 17.1 Å². The number of nitrogens with zero attached hydrogens (tertiary/aromatic N) is 2. The van der Waals surface area contributed by atoms with Crippen molar-refractivity contribution < 1.29 is 4.42 Å². The molecule has 0 saturated carbocycles. The molecule has 0 aliphatic carbocycles. The largest absolute Gasteiger partial charge is 0.456 e. The second kappa shape index (κ2) is 14.6. The number of aromatic amines is 1. The topological polar surface area (TPSA) is 45.1 Å². The molecule has 4 nitrogen and oxygen atoms in total. The van der Waals surface area contributed by atoms with Gasteiger partial charge in [-0.3, -0.25) is 0 Å². The zero-order chi connectivity index (χ0) is 41.0. The van der Waals surface area contributed by atoms with Gasteiger partial charge in [-0.05, 0) is 85.4 Å². The van der Waals surface area contributed by atoms with E-state index < -0.39 is 8.07 Å². The minimum absolute atomic E-state index is 0.856. The highest BCUT2D eigenvalue weighted by molar-refractivity contribution is 7.19. The molecule has 12 aromatic rings. The molecular weight excluding hydrogens is 771 g/mol. The highest BCUT2D eigenvalue weighted by Gasteiger charge is 2.41. The third-order valence-corrected chi connectivity index (χ3v) is 17.3. The number of nitrogens with one attached hydrogen (secondary N) is 1. The van der Waals surface area contributed by atoms with E-state index >= 15 is 0 Å². The average molecular weight is 810 g/mol. The number of benzene rings is 10. The number of imidazole rings is 1. The van der Waals surface area contributed by atoms with Gasteiger partial charge in [-0.2, -0.15) is 0 Å². The van der Waals surface area contributed by atoms with E-state index in [0.717, 1.165) is 66.8 Å². The van der Waals surface area contributed by atoms with Crippen molar-refractivity contribution in [1.29, 1.82) is 0 Å². The minimum atomic E-state index is -2.82. The van der Waals surface area contributed by atoms with Crippen LogP contribution in [0.5, 0.6) is 0 Å². The van der Waals surface area contributed by atoms with Gasteiger partial charge in [0, 0.05) is 44.9 Å². The molecule has 2 aromatic heterocycles. The van der Waals surface area contributed by atoms with Crippen molar-refractivity contribution in [3.8, 4) is 11.4 Å². The Morgan fingerprint density at radius 1 is 0.403 bits per heavy atom. The lowest BCUT2D eigenvalue weighted by atomic mass is 10.00. The fourth-order valence-electron chi connectivity index (χ4n) is 9.73. The van der Waals surface area contributed by atoms with Crippen LogP contribution in [0, 0.1) is 0 Å². The molecule has 10 aromatic carbocycles. The monoisotopic (exact) mass is 809 g/mol. The van der Waals surface area contributed by atoms with Gasteiger partial charge in [0.25, 0.3) is 0 Å². The van der Waals surface area contributed by atoms with E-state index in [1.807, 2.05) is 18.2 Å². The Morgan fingerprint density at radius 2 is 0.952 bits per heavy atom. The maximum atomic E-state index is 6.53. The molecule has 0 aliphatic rings. The third kappa shape index (κ3) is 5.78. The molecule has 0 atom stereocenters. The average Bonchev–Trinajstić information content (AvgIpc) is 3.95. The van der Waals surface area contributed by atoms with E-state index in [0.29, 0.717) is 0 Å². The van der Waals surface area contributed by atoms with Crippen LogP contribution in [0.1, 0.15) is 0 Å². The second-order valence-electron chi connectivity index (χ2n) is 16.0. The molecule has 0 radical (unpaired) electrons. The SMILES string of the molecule is c1ccc(-c2nc3ccc4ccc5cc(N(c6cccc([Si](c7ccccc7)(c7ccccc7)c7ccccc7)c6)c6ccc7c(c6)oc6ccccc67)ccc5c4c3[nH]2)cc1. The Morgan fingerprint density at radius 3 is 1.66 bits per heavy atom. The molecule has 0 spiro atoms. The van der Waals surface area contributed by atoms with Gasteiger partial charge in [-0.15, -0.1) is 0 Å². The molecule has 0 amide bonds. The van der Waals surface area contributed by atoms with Gasteiger partial charge < -0.3 is 14.3 Å². The van der Waals surface area contributed by atoms with E-state index in [1.165, 1.54) is 36.9 Å². The fourth-order valence-corrected chi connectivity index (χ4v) is 14.5. The molecule has 5 heteroatoms. The van der Waals surface area contributed by atoms with Crippen molar-refractivity contribution in [2.75, 3.05) is 4.90 Å². The van der Waals surface area contributed by atoms with Gasteiger partial charge in [0.2, 0.25) is 0 Å². The summed E-state index contributed by atoms with van der Waals surface area (Å²) in [5.41, 5.74) is 7.95. The smallest absolute Gasteiger partial charge is 0.179 e. The van der Waals surface area contributed by atoms with Crippen LogP contribution in [-0.4, -0.2) is 18.0 Å². The number of para-hydroxylation sites is 1. The summed E-state index contributed by atoms with van der Waals surface area (Å²) in [5, 5.41) is 12.2. The van der Waals surface area contributed by atoms with Crippen molar-refractivity contribution in [1.82, 2.24) is 9.97 Å². The molecule has 0 aliphatic heterocycles. The van der Waals surface area contributed by atoms with E-state index in [-0.39, 0.29) is 0 Å². The van der Waals surface area contributed by atoms with Crippen molar-refractivity contribution in [3.63, 3.8) is 0 Å². The van der Waals surface area contributed by atoms with Crippen molar-refractivity contribution in [3.05, 3.63) is 231 Å². The Kier molecular flexibility index (Phi) is 8.47. The predicted molar refractivity (Wildman–Crippen MR) is 262 cm³/mol. The van der Waals surface area contributed by atoms with E-state index in [9.17, 15) is 0 Å². The van der Waals surface area contributed by atoms with Gasteiger partial charge in [-0.1, -0.05) is 176 Å². The van der Waals surface area contributed by atoms with Crippen LogP contribution < -0.4 is 25.6 Å². The van der Waals surface area contributed by atoms with Gasteiger partial charge in [0.15, 0.2) is 8.07 Å². The first kappa shape index (κ1) is 35.9. The molecule has 1 N–H and O–H groups in total. The normalized spacial score (nSPS) is 11.9. The maximum Gasteiger partial charge on any atom is 0.179 e. The molecule has 0 fully saturated rings. The lowest BCUT2D eigenvalue weighted by Crippen LogP contribution is -2.74. The maximum absolute atomic E-state index is 6.53. The molecular formula is C57H39N3OSi. The summed E-state index contributed by atoms with van der Waals surface area (Å²) in [4.78, 5) is 11.1. The summed E-state index contributed by atoms with van der Waals surface area (Å²) in [5.74, 6) is 0.870. The Labute approximate surface area is 360 Å². The van der Waals surface area contributed by atoms with Crippen LogP contribution >= 0.6 is 0 Å². The zero-order valence-corrected chi connectivity index (χ0v) is 34.7. The van der Waals surface area contributed by atoms with Crippen LogP contribution in [0.25, 0.3) is 65.9 Å². The Hall–Kier alpha value is -7.99. The van der Waals surface area contributed by atoms with Crippen molar-refractivity contribution in [2.24, 2.45) is 0 Å².